The van der Waals surface area contributed by atoms with E-state index in [2.05, 4.69) is 16.9 Å². The van der Waals surface area contributed by atoms with Gasteiger partial charge in [-0.15, -0.1) is 17.9 Å². The van der Waals surface area contributed by atoms with Gasteiger partial charge in [-0.05, 0) is 6.92 Å². The molecule has 0 saturated carbocycles. The van der Waals surface area contributed by atoms with E-state index in [1.165, 1.54) is 28.0 Å². The minimum atomic E-state index is -0.586. The van der Waals surface area contributed by atoms with Crippen LogP contribution in [0.3, 0.4) is 0 Å². The van der Waals surface area contributed by atoms with Crippen molar-refractivity contribution in [2.45, 2.75) is 13.0 Å². The molecule has 6 nitrogen and oxygen atoms in total. The molecule has 0 saturated heterocycles. The maximum atomic E-state index is 12.1. The lowest BCUT2D eigenvalue weighted by molar-refractivity contribution is 0.0927. The summed E-state index contributed by atoms with van der Waals surface area (Å²) < 4.78 is 1.34. The molecular weight excluding hydrogens is 266 g/mol. The van der Waals surface area contributed by atoms with Gasteiger partial charge in [0.15, 0.2) is 4.96 Å². The zero-order valence-electron chi connectivity index (χ0n) is 10.3. The molecule has 2 rings (SSSR count). The number of aliphatic hydroxyl groups excluding tert-OH is 1. The highest BCUT2D eigenvalue weighted by molar-refractivity contribution is 7.16. The van der Waals surface area contributed by atoms with Gasteiger partial charge in [-0.1, -0.05) is 6.08 Å². The van der Waals surface area contributed by atoms with Crippen LogP contribution < -0.4 is 10.9 Å². The fraction of sp³-hybridized carbons (Fsp3) is 0.250. The van der Waals surface area contributed by atoms with E-state index in [-0.39, 0.29) is 12.2 Å². The summed E-state index contributed by atoms with van der Waals surface area (Å²) in [7, 11) is 0. The van der Waals surface area contributed by atoms with Gasteiger partial charge in [0.25, 0.3) is 11.5 Å². The average molecular weight is 279 g/mol. The summed E-state index contributed by atoms with van der Waals surface area (Å²) in [5.41, 5.74) is -0.483. The molecule has 0 fully saturated rings. The van der Waals surface area contributed by atoms with E-state index in [1.807, 2.05) is 6.92 Å². The lowest BCUT2D eigenvalue weighted by atomic mass is 10.2. The Bertz CT molecular complexity index is 689. The smallest absolute Gasteiger partial charge is 0.271 e. The number of thiazole rings is 1. The fourth-order valence-corrected chi connectivity index (χ4v) is 2.36. The molecular formula is C12H13N3O3S. The van der Waals surface area contributed by atoms with Gasteiger partial charge in [0.2, 0.25) is 0 Å². The second-order valence-corrected chi connectivity index (χ2v) is 5.18. The number of aliphatic hydroxyl groups is 1. The van der Waals surface area contributed by atoms with E-state index in [0.717, 1.165) is 4.88 Å². The van der Waals surface area contributed by atoms with Crippen molar-refractivity contribution < 1.29 is 9.90 Å². The normalized spacial score (nSPS) is 12.3. The Morgan fingerprint density at radius 1 is 1.74 bits per heavy atom. The topological polar surface area (TPSA) is 83.7 Å². The maximum absolute atomic E-state index is 12.1. The summed E-state index contributed by atoms with van der Waals surface area (Å²) >= 11 is 1.37. The Balaban J connectivity index is 2.40. The second-order valence-electron chi connectivity index (χ2n) is 3.97. The van der Waals surface area contributed by atoms with Crippen molar-refractivity contribution in [2.24, 2.45) is 0 Å². The number of aryl methyl sites for hydroxylation is 1. The van der Waals surface area contributed by atoms with Crippen molar-refractivity contribution in [3.05, 3.63) is 45.8 Å². The highest BCUT2D eigenvalue weighted by Crippen LogP contribution is 2.12. The van der Waals surface area contributed by atoms with Crippen LogP contribution in [0.15, 0.2) is 29.8 Å². The SMILES string of the molecule is C=CC(CO)NC(=O)c1cnc2sc(C)cn2c1=O. The molecule has 2 aromatic rings. The Morgan fingerprint density at radius 2 is 2.47 bits per heavy atom. The van der Waals surface area contributed by atoms with E-state index in [0.29, 0.717) is 4.96 Å². The number of rotatable bonds is 4. The van der Waals surface area contributed by atoms with E-state index in [1.54, 1.807) is 6.20 Å². The van der Waals surface area contributed by atoms with Gasteiger partial charge in [-0.25, -0.2) is 4.98 Å². The van der Waals surface area contributed by atoms with Gasteiger partial charge in [-0.2, -0.15) is 0 Å². The Hall–Kier alpha value is -1.99. The molecule has 0 aliphatic rings. The predicted molar refractivity (Wildman–Crippen MR) is 72.6 cm³/mol. The minimum Gasteiger partial charge on any atom is -0.394 e. The highest BCUT2D eigenvalue weighted by Gasteiger charge is 2.16. The highest BCUT2D eigenvalue weighted by atomic mass is 32.1. The number of hydrogen-bond acceptors (Lipinski definition) is 5. The minimum absolute atomic E-state index is 0.0596. The van der Waals surface area contributed by atoms with Crippen molar-refractivity contribution >= 4 is 22.2 Å². The third kappa shape index (κ3) is 2.56. The molecule has 19 heavy (non-hydrogen) atoms. The Labute approximate surface area is 113 Å². The molecule has 0 aliphatic heterocycles. The van der Waals surface area contributed by atoms with Gasteiger partial charge >= 0.3 is 0 Å². The molecule has 1 amide bonds. The zero-order chi connectivity index (χ0) is 14.0. The van der Waals surface area contributed by atoms with Crippen molar-refractivity contribution in [3.63, 3.8) is 0 Å². The molecule has 2 N–H and O–H groups in total. The van der Waals surface area contributed by atoms with Crippen LogP contribution in [-0.4, -0.2) is 33.0 Å². The molecule has 0 radical (unpaired) electrons. The maximum Gasteiger partial charge on any atom is 0.271 e. The first-order chi connectivity index (χ1) is 9.06. The lowest BCUT2D eigenvalue weighted by Crippen LogP contribution is -2.39. The molecule has 1 atom stereocenters. The second kappa shape index (κ2) is 5.33. The van der Waals surface area contributed by atoms with Crippen molar-refractivity contribution in [1.82, 2.24) is 14.7 Å². The summed E-state index contributed by atoms with van der Waals surface area (Å²) in [4.78, 5) is 29.6. The standard InChI is InChI=1S/C12H13N3O3S/c1-3-8(6-16)14-10(17)9-4-13-12-15(11(9)18)5-7(2)19-12/h3-5,8,16H,1,6H2,2H3,(H,14,17). The molecule has 2 heterocycles. The van der Waals surface area contributed by atoms with Crippen LogP contribution in [0.5, 0.6) is 0 Å². The van der Waals surface area contributed by atoms with E-state index < -0.39 is 17.5 Å². The first-order valence-electron chi connectivity index (χ1n) is 5.59. The van der Waals surface area contributed by atoms with Crippen LogP contribution in [0.25, 0.3) is 4.96 Å². The molecule has 100 valence electrons. The van der Waals surface area contributed by atoms with Crippen molar-refractivity contribution in [2.75, 3.05) is 6.61 Å². The van der Waals surface area contributed by atoms with Gasteiger partial charge < -0.3 is 10.4 Å². The van der Waals surface area contributed by atoms with Crippen LogP contribution in [-0.2, 0) is 0 Å². The number of carbonyl (C=O) groups excluding carboxylic acids is 1. The van der Waals surface area contributed by atoms with Crippen LogP contribution in [0.2, 0.25) is 0 Å². The predicted octanol–water partition coefficient (Wildman–Crippen LogP) is 0.341. The Kier molecular flexibility index (Phi) is 3.77. The monoisotopic (exact) mass is 279 g/mol. The number of aromatic nitrogens is 2. The van der Waals surface area contributed by atoms with Crippen LogP contribution in [0.1, 0.15) is 15.2 Å². The third-order valence-electron chi connectivity index (χ3n) is 2.56. The van der Waals surface area contributed by atoms with Crippen molar-refractivity contribution in [1.29, 1.82) is 0 Å². The number of carbonyl (C=O) groups is 1. The van der Waals surface area contributed by atoms with Crippen LogP contribution in [0.4, 0.5) is 0 Å². The number of nitrogens with one attached hydrogen (secondary N) is 1. The van der Waals surface area contributed by atoms with Crippen LogP contribution >= 0.6 is 11.3 Å². The summed E-state index contributed by atoms with van der Waals surface area (Å²) in [5.74, 6) is -0.574. The third-order valence-corrected chi connectivity index (χ3v) is 3.48. The molecule has 1 unspecified atom stereocenters. The lowest BCUT2D eigenvalue weighted by Gasteiger charge is -2.10. The fourth-order valence-electron chi connectivity index (χ4n) is 1.58. The van der Waals surface area contributed by atoms with Gasteiger partial charge in [0.05, 0.1) is 12.6 Å². The first kappa shape index (κ1) is 13.4. The quantitative estimate of drug-likeness (QED) is 0.791. The first-order valence-corrected chi connectivity index (χ1v) is 6.40. The number of nitrogens with zero attached hydrogens (tertiary/aromatic N) is 2. The number of fused-ring (bicyclic) bond motifs is 1. The summed E-state index contributed by atoms with van der Waals surface area (Å²) in [6.45, 7) is 5.07. The number of hydrogen-bond donors (Lipinski definition) is 2. The summed E-state index contributed by atoms with van der Waals surface area (Å²) in [5, 5.41) is 11.5. The summed E-state index contributed by atoms with van der Waals surface area (Å²) in [6.07, 6.45) is 4.29. The number of amides is 1. The molecule has 0 bridgehead atoms. The molecule has 2 aromatic heterocycles. The zero-order valence-corrected chi connectivity index (χ0v) is 11.1. The van der Waals surface area contributed by atoms with E-state index in [4.69, 9.17) is 5.11 Å². The molecule has 7 heteroatoms. The molecule has 0 aromatic carbocycles. The molecule has 0 aliphatic carbocycles. The van der Waals surface area contributed by atoms with E-state index >= 15 is 0 Å². The van der Waals surface area contributed by atoms with Gasteiger partial charge in [0, 0.05) is 17.3 Å². The summed E-state index contributed by atoms with van der Waals surface area (Å²) in [6, 6.07) is -0.586. The van der Waals surface area contributed by atoms with Gasteiger partial charge in [-0.3, -0.25) is 14.0 Å². The van der Waals surface area contributed by atoms with Crippen LogP contribution in [0, 0.1) is 6.92 Å². The van der Waals surface area contributed by atoms with Gasteiger partial charge in [0.1, 0.15) is 5.56 Å². The Morgan fingerprint density at radius 3 is 3.11 bits per heavy atom. The largest absolute Gasteiger partial charge is 0.394 e. The van der Waals surface area contributed by atoms with Crippen molar-refractivity contribution in [3.8, 4) is 0 Å². The average Bonchev–Trinajstić information content (AvgIpc) is 2.77. The molecule has 0 spiro atoms. The van der Waals surface area contributed by atoms with E-state index in [9.17, 15) is 9.59 Å².